The highest BCUT2D eigenvalue weighted by Gasteiger charge is 2.37. The molecule has 0 unspecified atom stereocenters. The van der Waals surface area contributed by atoms with Gasteiger partial charge in [0.15, 0.2) is 0 Å². The molecule has 3 heterocycles. The molecule has 0 radical (unpaired) electrons. The summed E-state index contributed by atoms with van der Waals surface area (Å²) in [5.41, 5.74) is 2.79. The van der Waals surface area contributed by atoms with Crippen LogP contribution in [-0.2, 0) is 0 Å². The van der Waals surface area contributed by atoms with Gasteiger partial charge in [-0.25, -0.2) is 9.80 Å². The van der Waals surface area contributed by atoms with Crippen LogP contribution in [0.3, 0.4) is 0 Å². The molecule has 6 aromatic carbocycles. The highest BCUT2D eigenvalue weighted by molar-refractivity contribution is 6.45. The minimum Gasteiger partial charge on any atom is -0.268 e. The zero-order valence-electron chi connectivity index (χ0n) is 21.8. The first-order chi connectivity index (χ1) is 20.5. The average molecular weight is 544 g/mol. The first-order valence-corrected chi connectivity index (χ1v) is 13.5. The van der Waals surface area contributed by atoms with Gasteiger partial charge in [-0.1, -0.05) is 42.5 Å². The van der Waals surface area contributed by atoms with E-state index in [1.807, 2.05) is 30.3 Å². The molecule has 9 rings (SSSR count). The number of hydrogen-bond acceptors (Lipinski definition) is 5. The maximum absolute atomic E-state index is 13.8. The van der Waals surface area contributed by atoms with Gasteiger partial charge in [-0.15, -0.1) is 0 Å². The second-order valence-electron chi connectivity index (χ2n) is 10.6. The van der Waals surface area contributed by atoms with Gasteiger partial charge in [0.1, 0.15) is 0 Å². The Kier molecular flexibility index (Phi) is 4.25. The minimum absolute atomic E-state index is 0.370. The summed E-state index contributed by atoms with van der Waals surface area (Å²) in [5.74, 6) is -1.53. The van der Waals surface area contributed by atoms with Gasteiger partial charge < -0.3 is 0 Å². The summed E-state index contributed by atoms with van der Waals surface area (Å²) in [6, 6.07) is 26.9. The first-order valence-electron chi connectivity index (χ1n) is 13.5. The summed E-state index contributed by atoms with van der Waals surface area (Å²) in [6.45, 7) is 0. The van der Waals surface area contributed by atoms with Crippen molar-refractivity contribution >= 4 is 78.1 Å². The molecule has 42 heavy (non-hydrogen) atoms. The van der Waals surface area contributed by atoms with Gasteiger partial charge in [0.05, 0.1) is 11.4 Å². The minimum atomic E-state index is -0.393. The lowest BCUT2D eigenvalue weighted by atomic mass is 9.82. The van der Waals surface area contributed by atoms with Gasteiger partial charge in [0.25, 0.3) is 23.6 Å². The molecule has 0 atom stereocenters. The number of amides is 4. The number of imide groups is 2. The Hall–Kier alpha value is -5.95. The Morgan fingerprint density at radius 1 is 0.381 bits per heavy atom. The van der Waals surface area contributed by atoms with E-state index in [1.165, 1.54) is 9.80 Å². The summed E-state index contributed by atoms with van der Waals surface area (Å²) in [6.07, 6.45) is 3.10. The molecule has 0 N–H and O–H groups in total. The van der Waals surface area contributed by atoms with Gasteiger partial charge in [-0.05, 0) is 80.8 Å². The third-order valence-electron chi connectivity index (χ3n) is 8.57. The van der Waals surface area contributed by atoms with Crippen molar-refractivity contribution in [2.45, 2.75) is 0 Å². The van der Waals surface area contributed by atoms with Crippen LogP contribution >= 0.6 is 0 Å². The summed E-state index contributed by atoms with van der Waals surface area (Å²) < 4.78 is 0. The number of hydrogen-bond donors (Lipinski definition) is 0. The van der Waals surface area contributed by atoms with Crippen molar-refractivity contribution in [2.24, 2.45) is 0 Å². The predicted octanol–water partition coefficient (Wildman–Crippen LogP) is 6.73. The zero-order chi connectivity index (χ0) is 28.3. The molecule has 7 heteroatoms. The Morgan fingerprint density at radius 2 is 0.738 bits per heavy atom. The predicted molar refractivity (Wildman–Crippen MR) is 161 cm³/mol. The van der Waals surface area contributed by atoms with Crippen LogP contribution in [0.4, 0.5) is 11.4 Å². The second kappa shape index (κ2) is 7.83. The highest BCUT2D eigenvalue weighted by Crippen LogP contribution is 2.46. The Labute approximate surface area is 237 Å². The van der Waals surface area contributed by atoms with E-state index in [0.717, 1.165) is 32.3 Å². The molecule has 0 bridgehead atoms. The van der Waals surface area contributed by atoms with Crippen LogP contribution in [0.2, 0.25) is 0 Å². The number of fused-ring (bicyclic) bond motifs is 2. The number of carbonyl (C=O) groups is 4. The average Bonchev–Trinajstić information content (AvgIpc) is 3.03. The zero-order valence-corrected chi connectivity index (χ0v) is 21.8. The molecule has 7 aromatic rings. The lowest BCUT2D eigenvalue weighted by molar-refractivity contribution is 0.0877. The summed E-state index contributed by atoms with van der Waals surface area (Å²) >= 11 is 0. The normalized spacial score (nSPS) is 14.8. The number of nitrogens with zero attached hydrogens (tertiary/aromatic N) is 3. The Morgan fingerprint density at radius 3 is 1.12 bits per heavy atom. The van der Waals surface area contributed by atoms with Crippen molar-refractivity contribution in [3.8, 4) is 0 Å². The largest absolute Gasteiger partial charge is 0.268 e. The fraction of sp³-hybridized carbons (Fsp3) is 0. The third kappa shape index (κ3) is 2.67. The maximum Gasteiger partial charge on any atom is 0.265 e. The van der Waals surface area contributed by atoms with Gasteiger partial charge >= 0.3 is 0 Å². The van der Waals surface area contributed by atoms with Crippen LogP contribution in [0.25, 0.3) is 43.1 Å². The van der Waals surface area contributed by atoms with Gasteiger partial charge in [0, 0.05) is 45.4 Å². The van der Waals surface area contributed by atoms with Gasteiger partial charge in [-0.2, -0.15) is 0 Å². The molecule has 0 saturated carbocycles. The van der Waals surface area contributed by atoms with Crippen molar-refractivity contribution in [1.29, 1.82) is 0 Å². The molecule has 196 valence electrons. The molecule has 7 nitrogen and oxygen atoms in total. The van der Waals surface area contributed by atoms with Crippen LogP contribution in [0.1, 0.15) is 41.4 Å². The van der Waals surface area contributed by atoms with Gasteiger partial charge in [-0.3, -0.25) is 24.2 Å². The molecule has 2 aliphatic rings. The number of carbonyl (C=O) groups excluding carboxylic acids is 4. The van der Waals surface area contributed by atoms with E-state index in [9.17, 15) is 19.2 Å². The SMILES string of the molecule is O=C1c2ccc3c4ccc5c6c(ccc(c7ccc(c2c37)C(=O)N1c1ccccc1)c64)C(=O)N(c1ccncc1)C5=O. The van der Waals surface area contributed by atoms with Crippen LogP contribution in [0.15, 0.2) is 103 Å². The molecule has 0 spiro atoms. The van der Waals surface area contributed by atoms with Crippen LogP contribution in [0, 0.1) is 0 Å². The van der Waals surface area contributed by atoms with Crippen molar-refractivity contribution in [3.63, 3.8) is 0 Å². The molecular weight excluding hydrogens is 526 g/mol. The standard InChI is InChI=1S/C35H17N3O4/c39-32-24-10-6-20-22-8-12-26-31-27(35(42)38(34(26)41)19-14-16-36-17-15-19)13-9-23(29(22)31)21-7-11-25(30(24)28(20)21)33(40)37(32)18-4-2-1-3-5-18/h1-17H. The number of benzene rings is 6. The van der Waals surface area contributed by atoms with Crippen molar-refractivity contribution in [2.75, 3.05) is 9.80 Å². The van der Waals surface area contributed by atoms with E-state index in [2.05, 4.69) is 4.98 Å². The van der Waals surface area contributed by atoms with Crippen molar-refractivity contribution in [1.82, 2.24) is 4.98 Å². The quantitative estimate of drug-likeness (QED) is 0.137. The van der Waals surface area contributed by atoms with Gasteiger partial charge in [0.2, 0.25) is 0 Å². The third-order valence-corrected chi connectivity index (χ3v) is 8.57. The summed E-state index contributed by atoms with van der Waals surface area (Å²) in [5, 5.41) is 6.29. The molecule has 2 aliphatic heterocycles. The Bertz CT molecular complexity index is 2090. The van der Waals surface area contributed by atoms with Crippen LogP contribution < -0.4 is 9.80 Å². The molecule has 4 amide bonds. The topological polar surface area (TPSA) is 87.7 Å². The van der Waals surface area contributed by atoms with Crippen LogP contribution in [0.5, 0.6) is 0 Å². The van der Waals surface area contributed by atoms with E-state index < -0.39 is 11.8 Å². The molecular formula is C35H17N3O4. The lowest BCUT2D eigenvalue weighted by Crippen LogP contribution is -2.40. The van der Waals surface area contributed by atoms with E-state index >= 15 is 0 Å². The van der Waals surface area contributed by atoms with E-state index in [4.69, 9.17) is 0 Å². The highest BCUT2D eigenvalue weighted by atomic mass is 16.2. The summed E-state index contributed by atoms with van der Waals surface area (Å²) in [7, 11) is 0. The van der Waals surface area contributed by atoms with E-state index in [-0.39, 0.29) is 11.8 Å². The maximum atomic E-state index is 13.8. The number of para-hydroxylation sites is 1. The Balaban J connectivity index is 1.35. The molecule has 0 fully saturated rings. The monoisotopic (exact) mass is 543 g/mol. The van der Waals surface area contributed by atoms with Crippen molar-refractivity contribution in [3.05, 3.63) is 126 Å². The van der Waals surface area contributed by atoms with Crippen LogP contribution in [-0.4, -0.2) is 28.6 Å². The fourth-order valence-electron chi connectivity index (χ4n) is 6.81. The number of anilines is 2. The van der Waals surface area contributed by atoms with E-state index in [0.29, 0.717) is 44.4 Å². The number of pyridine rings is 1. The first kappa shape index (κ1) is 22.8. The second-order valence-corrected chi connectivity index (χ2v) is 10.6. The summed E-state index contributed by atoms with van der Waals surface area (Å²) in [4.78, 5) is 61.4. The van der Waals surface area contributed by atoms with Crippen molar-refractivity contribution < 1.29 is 19.2 Å². The lowest BCUT2D eigenvalue weighted by Gasteiger charge is -2.30. The molecule has 0 aliphatic carbocycles. The van der Waals surface area contributed by atoms with E-state index in [1.54, 1.807) is 73.1 Å². The molecule has 0 saturated heterocycles. The fourth-order valence-corrected chi connectivity index (χ4v) is 6.81. The number of aromatic nitrogens is 1. The smallest absolute Gasteiger partial charge is 0.265 e. The molecule has 1 aromatic heterocycles. The number of rotatable bonds is 2.